The lowest BCUT2D eigenvalue weighted by Gasteiger charge is -2.36. The zero-order chi connectivity index (χ0) is 28.2. The molecule has 0 spiro atoms. The van der Waals surface area contributed by atoms with Crippen molar-refractivity contribution in [2.45, 2.75) is 38.4 Å². The van der Waals surface area contributed by atoms with E-state index in [1.54, 1.807) is 12.1 Å². The molecule has 3 amide bonds. The highest BCUT2D eigenvalue weighted by Crippen LogP contribution is 2.38. The maximum absolute atomic E-state index is 14.1. The molecule has 1 aromatic heterocycles. The molecule has 1 atom stereocenters. The van der Waals surface area contributed by atoms with Gasteiger partial charge in [0.15, 0.2) is 0 Å². The van der Waals surface area contributed by atoms with E-state index in [0.29, 0.717) is 28.2 Å². The Morgan fingerprint density at radius 2 is 2.03 bits per heavy atom. The van der Waals surface area contributed by atoms with Crippen molar-refractivity contribution in [2.24, 2.45) is 5.92 Å². The van der Waals surface area contributed by atoms with E-state index in [0.717, 1.165) is 42.7 Å². The van der Waals surface area contributed by atoms with E-state index < -0.39 is 41.2 Å². The molecule has 2 fully saturated rings. The van der Waals surface area contributed by atoms with Gasteiger partial charge in [-0.3, -0.25) is 19.3 Å². The molecule has 0 bridgehead atoms. The fourth-order valence-corrected chi connectivity index (χ4v) is 5.59. The largest absolute Gasteiger partial charge is 0.418 e. The van der Waals surface area contributed by atoms with Crippen LogP contribution in [0.2, 0.25) is 4.34 Å². The number of benzene rings is 1. The van der Waals surface area contributed by atoms with Crippen molar-refractivity contribution in [1.82, 2.24) is 10.2 Å². The molecule has 2 heterocycles. The average molecular weight is 587 g/mol. The Morgan fingerprint density at radius 1 is 1.26 bits per heavy atom. The Bertz CT molecular complexity index is 1200. The van der Waals surface area contributed by atoms with Crippen molar-refractivity contribution < 1.29 is 32.3 Å². The second-order valence-electron chi connectivity index (χ2n) is 9.53. The molecule has 4 rings (SSSR count). The SMILES string of the molecule is CCN(CC1CCC1)[C@H](CNC(=O)c1ccc(Cl)s1)C(=O)Nc1ccc(N2CCOCC2=O)cc1C(F)(F)F. The van der Waals surface area contributed by atoms with Crippen LogP contribution < -0.4 is 15.5 Å². The Kier molecular flexibility index (Phi) is 9.52. The predicted molar refractivity (Wildman–Crippen MR) is 143 cm³/mol. The molecule has 1 aliphatic carbocycles. The molecule has 2 aliphatic rings. The van der Waals surface area contributed by atoms with Crippen LogP contribution in [0.15, 0.2) is 30.3 Å². The van der Waals surface area contributed by atoms with Crippen molar-refractivity contribution in [3.8, 4) is 0 Å². The van der Waals surface area contributed by atoms with Crippen LogP contribution in [0.25, 0.3) is 0 Å². The number of nitrogens with one attached hydrogen (secondary N) is 2. The van der Waals surface area contributed by atoms with Crippen molar-refractivity contribution in [2.75, 3.05) is 49.6 Å². The van der Waals surface area contributed by atoms with Gasteiger partial charge in [0, 0.05) is 25.3 Å². The highest BCUT2D eigenvalue weighted by Gasteiger charge is 2.37. The van der Waals surface area contributed by atoms with Crippen molar-refractivity contribution in [1.29, 1.82) is 0 Å². The molecule has 0 unspecified atom stereocenters. The number of likely N-dealkylation sites (N-methyl/N-ethyl adjacent to an activating group) is 1. The summed E-state index contributed by atoms with van der Waals surface area (Å²) in [5, 5.41) is 5.19. The van der Waals surface area contributed by atoms with Gasteiger partial charge in [-0.1, -0.05) is 24.9 Å². The van der Waals surface area contributed by atoms with Gasteiger partial charge in [0.25, 0.3) is 11.8 Å². The van der Waals surface area contributed by atoms with Crippen LogP contribution in [-0.4, -0.2) is 68.1 Å². The van der Waals surface area contributed by atoms with Gasteiger partial charge in [0.1, 0.15) is 12.6 Å². The molecule has 2 N–H and O–H groups in total. The van der Waals surface area contributed by atoms with Crippen LogP contribution in [0.3, 0.4) is 0 Å². The minimum absolute atomic E-state index is 0.0761. The number of hydrogen-bond acceptors (Lipinski definition) is 6. The third-order valence-electron chi connectivity index (χ3n) is 6.98. The second-order valence-corrected chi connectivity index (χ2v) is 11.2. The Morgan fingerprint density at radius 3 is 2.62 bits per heavy atom. The van der Waals surface area contributed by atoms with E-state index in [2.05, 4.69) is 10.6 Å². The van der Waals surface area contributed by atoms with Crippen molar-refractivity contribution in [3.63, 3.8) is 0 Å². The Balaban J connectivity index is 1.56. The van der Waals surface area contributed by atoms with Crippen LogP contribution in [0.1, 0.15) is 41.4 Å². The first-order chi connectivity index (χ1) is 18.6. The standard InChI is InChI=1S/C26H30ClF3N4O4S/c1-2-33(14-16-4-3-5-16)20(13-31-25(37)21-8-9-22(27)39-21)24(36)32-19-7-6-17(12-18(19)26(28,29)30)34-10-11-38-15-23(34)35/h6-9,12,16,20H,2-5,10-11,13-15H2,1H3,(H,31,37)(H,32,36)/t20-/m1/s1. The lowest BCUT2D eigenvalue weighted by atomic mass is 9.85. The first-order valence-corrected chi connectivity index (χ1v) is 13.9. The first kappa shape index (κ1) is 29.3. The number of ether oxygens (including phenoxy) is 1. The molecule has 0 radical (unpaired) electrons. The van der Waals surface area contributed by atoms with E-state index in [-0.39, 0.29) is 32.0 Å². The number of alkyl halides is 3. The minimum Gasteiger partial charge on any atom is -0.370 e. The van der Waals surface area contributed by atoms with Gasteiger partial charge < -0.3 is 20.3 Å². The van der Waals surface area contributed by atoms with Gasteiger partial charge in [-0.25, -0.2) is 0 Å². The fraction of sp³-hybridized carbons (Fsp3) is 0.500. The number of carbonyl (C=O) groups excluding carboxylic acids is 3. The smallest absolute Gasteiger partial charge is 0.370 e. The molecule has 1 saturated carbocycles. The molecule has 13 heteroatoms. The highest BCUT2D eigenvalue weighted by molar-refractivity contribution is 7.18. The molecule has 212 valence electrons. The third-order valence-corrected chi connectivity index (χ3v) is 8.21. The number of halogens is 4. The number of anilines is 2. The van der Waals surface area contributed by atoms with Gasteiger partial charge in [0.05, 0.1) is 27.1 Å². The number of amides is 3. The monoisotopic (exact) mass is 586 g/mol. The molecule has 1 aromatic carbocycles. The summed E-state index contributed by atoms with van der Waals surface area (Å²) in [7, 11) is 0. The van der Waals surface area contributed by atoms with E-state index in [1.165, 1.54) is 11.0 Å². The summed E-state index contributed by atoms with van der Waals surface area (Å²) in [5.41, 5.74) is -1.41. The van der Waals surface area contributed by atoms with Gasteiger partial charge in [0.2, 0.25) is 5.91 Å². The summed E-state index contributed by atoms with van der Waals surface area (Å²) in [6.07, 6.45) is -1.65. The summed E-state index contributed by atoms with van der Waals surface area (Å²) in [6.45, 7) is 2.98. The van der Waals surface area contributed by atoms with Crippen LogP contribution in [0, 0.1) is 5.92 Å². The molecule has 2 aromatic rings. The maximum atomic E-state index is 14.1. The van der Waals surface area contributed by atoms with Gasteiger partial charge >= 0.3 is 6.18 Å². The maximum Gasteiger partial charge on any atom is 0.418 e. The molecule has 8 nitrogen and oxygen atoms in total. The lowest BCUT2D eigenvalue weighted by molar-refractivity contribution is -0.137. The quantitative estimate of drug-likeness (QED) is 0.423. The summed E-state index contributed by atoms with van der Waals surface area (Å²) in [5.74, 6) is -1.13. The van der Waals surface area contributed by atoms with E-state index in [1.807, 2.05) is 11.8 Å². The zero-order valence-electron chi connectivity index (χ0n) is 21.4. The van der Waals surface area contributed by atoms with E-state index >= 15 is 0 Å². The van der Waals surface area contributed by atoms with Crippen LogP contribution in [0.5, 0.6) is 0 Å². The van der Waals surface area contributed by atoms with Gasteiger partial charge in [-0.05, 0) is 55.6 Å². The van der Waals surface area contributed by atoms with E-state index in [9.17, 15) is 27.6 Å². The van der Waals surface area contributed by atoms with Gasteiger partial charge in [-0.15, -0.1) is 11.3 Å². The Hall–Kier alpha value is -2.67. The number of rotatable bonds is 10. The first-order valence-electron chi connectivity index (χ1n) is 12.7. The Labute approximate surface area is 233 Å². The summed E-state index contributed by atoms with van der Waals surface area (Å²) in [4.78, 5) is 41.8. The predicted octanol–water partition coefficient (Wildman–Crippen LogP) is 4.64. The third kappa shape index (κ3) is 7.30. The number of morpholine rings is 1. The van der Waals surface area contributed by atoms with Crippen LogP contribution in [-0.2, 0) is 20.5 Å². The van der Waals surface area contributed by atoms with Crippen molar-refractivity contribution >= 4 is 52.0 Å². The molecular formula is C26H30ClF3N4O4S. The van der Waals surface area contributed by atoms with Gasteiger partial charge in [-0.2, -0.15) is 13.2 Å². The molecule has 1 aliphatic heterocycles. The fourth-order valence-electron chi connectivity index (χ4n) is 4.63. The highest BCUT2D eigenvalue weighted by atomic mass is 35.5. The summed E-state index contributed by atoms with van der Waals surface area (Å²) < 4.78 is 47.8. The lowest BCUT2D eigenvalue weighted by Crippen LogP contribution is -2.52. The van der Waals surface area contributed by atoms with E-state index in [4.69, 9.17) is 16.3 Å². The van der Waals surface area contributed by atoms with Crippen molar-refractivity contribution in [3.05, 3.63) is 45.1 Å². The number of hydrogen-bond donors (Lipinski definition) is 2. The van der Waals surface area contributed by atoms with Crippen LogP contribution >= 0.6 is 22.9 Å². The summed E-state index contributed by atoms with van der Waals surface area (Å²) in [6, 6.07) is 5.65. The number of carbonyl (C=O) groups is 3. The topological polar surface area (TPSA) is 91.0 Å². The minimum atomic E-state index is -4.79. The number of nitrogens with zero attached hydrogens (tertiary/aromatic N) is 2. The second kappa shape index (κ2) is 12.7. The number of thiophene rings is 1. The van der Waals surface area contributed by atoms with Crippen LogP contribution in [0.4, 0.5) is 24.5 Å². The summed E-state index contributed by atoms with van der Waals surface area (Å²) >= 11 is 7.02. The average Bonchev–Trinajstić information content (AvgIpc) is 3.31. The molecular weight excluding hydrogens is 557 g/mol. The normalized spacial score (nSPS) is 17.2. The molecule has 39 heavy (non-hydrogen) atoms. The zero-order valence-corrected chi connectivity index (χ0v) is 22.9. The molecule has 1 saturated heterocycles.